The molecule has 1 amide bonds. The van der Waals surface area contributed by atoms with Crippen molar-refractivity contribution in [2.24, 2.45) is 0 Å². The van der Waals surface area contributed by atoms with Crippen molar-refractivity contribution in [3.8, 4) is 0 Å². The molecule has 70 heavy (non-hydrogen) atoms. The summed E-state index contributed by atoms with van der Waals surface area (Å²) in [7, 11) is 0. The van der Waals surface area contributed by atoms with Crippen molar-refractivity contribution in [3.63, 3.8) is 0 Å². The summed E-state index contributed by atoms with van der Waals surface area (Å²) in [6, 6.07) is -0.717. The topological polar surface area (TPSA) is 149 Å². The molecular formula is C61H119NO8. The van der Waals surface area contributed by atoms with Crippen molar-refractivity contribution in [1.29, 1.82) is 0 Å². The fraction of sp³-hybridized carbons (Fsp3) is 0.951. The molecule has 0 aromatic heterocycles. The van der Waals surface area contributed by atoms with Gasteiger partial charge in [0, 0.05) is 6.42 Å². The first kappa shape index (κ1) is 66.9. The molecule has 1 heterocycles. The minimum absolute atomic E-state index is 0.133. The first-order valence-corrected chi connectivity index (χ1v) is 30.9. The molecule has 0 aromatic carbocycles. The number of allylic oxidation sites excluding steroid dienone is 2. The van der Waals surface area contributed by atoms with Crippen molar-refractivity contribution in [1.82, 2.24) is 5.32 Å². The van der Waals surface area contributed by atoms with Crippen LogP contribution < -0.4 is 5.32 Å². The van der Waals surface area contributed by atoms with Gasteiger partial charge in [0.1, 0.15) is 24.4 Å². The van der Waals surface area contributed by atoms with Gasteiger partial charge in [0.25, 0.3) is 0 Å². The van der Waals surface area contributed by atoms with E-state index in [9.17, 15) is 30.3 Å². The fourth-order valence-corrected chi connectivity index (χ4v) is 10.2. The van der Waals surface area contributed by atoms with E-state index in [1.54, 1.807) is 0 Å². The SMILES string of the molecule is CCCCCCCCCC/C=C\CCCCCCCCCCCCCC(=O)NC(COC1OC(CO)C(O)C(O)C1O)C(O)CCCCCCCCCCCCCCCCCCCCCCCCCC. The molecule has 0 aliphatic carbocycles. The van der Waals surface area contributed by atoms with Crippen molar-refractivity contribution in [2.75, 3.05) is 13.2 Å². The molecule has 7 unspecified atom stereocenters. The van der Waals surface area contributed by atoms with Gasteiger partial charge < -0.3 is 40.3 Å². The highest BCUT2D eigenvalue weighted by molar-refractivity contribution is 5.76. The molecule has 1 fully saturated rings. The van der Waals surface area contributed by atoms with Gasteiger partial charge in [-0.25, -0.2) is 0 Å². The average Bonchev–Trinajstić information content (AvgIpc) is 3.36. The zero-order chi connectivity index (χ0) is 50.8. The molecule has 1 aliphatic rings. The maximum atomic E-state index is 13.1. The monoisotopic (exact) mass is 994 g/mol. The van der Waals surface area contributed by atoms with Gasteiger partial charge in [-0.15, -0.1) is 0 Å². The maximum absolute atomic E-state index is 13.1. The Morgan fingerprint density at radius 3 is 1.16 bits per heavy atom. The zero-order valence-electron chi connectivity index (χ0n) is 46.3. The third-order valence-electron chi connectivity index (χ3n) is 15.1. The predicted octanol–water partition coefficient (Wildman–Crippen LogP) is 15.6. The number of hydrogen-bond acceptors (Lipinski definition) is 8. The number of nitrogens with one attached hydrogen (secondary N) is 1. The summed E-state index contributed by atoms with van der Waals surface area (Å²) in [5, 5.41) is 54.8. The number of aliphatic hydroxyl groups excluding tert-OH is 5. The lowest BCUT2D eigenvalue weighted by Crippen LogP contribution is -2.60. The van der Waals surface area contributed by atoms with Crippen LogP contribution in [0.3, 0.4) is 0 Å². The summed E-state index contributed by atoms with van der Waals surface area (Å²) >= 11 is 0. The second-order valence-electron chi connectivity index (χ2n) is 21.9. The second-order valence-corrected chi connectivity index (χ2v) is 21.9. The number of hydrogen-bond donors (Lipinski definition) is 6. The van der Waals surface area contributed by atoms with Crippen molar-refractivity contribution in [2.45, 2.75) is 358 Å². The molecule has 9 heteroatoms. The van der Waals surface area contributed by atoms with E-state index in [1.165, 1.54) is 250 Å². The summed E-state index contributed by atoms with van der Waals surface area (Å²) in [4.78, 5) is 13.1. The minimum atomic E-state index is -1.55. The molecule has 0 spiro atoms. The first-order chi connectivity index (χ1) is 34.3. The van der Waals surface area contributed by atoms with Crippen molar-refractivity contribution >= 4 is 5.91 Å². The Hall–Kier alpha value is -1.07. The average molecular weight is 995 g/mol. The third-order valence-corrected chi connectivity index (χ3v) is 15.1. The van der Waals surface area contributed by atoms with Crippen LogP contribution in [0.1, 0.15) is 316 Å². The van der Waals surface area contributed by atoms with Gasteiger partial charge in [-0.1, -0.05) is 283 Å². The van der Waals surface area contributed by atoms with E-state index in [0.29, 0.717) is 12.8 Å². The van der Waals surface area contributed by atoms with E-state index >= 15 is 0 Å². The lowest BCUT2D eigenvalue weighted by Gasteiger charge is -2.40. The van der Waals surface area contributed by atoms with Crippen LogP contribution in [0.5, 0.6) is 0 Å². The molecule has 1 saturated heterocycles. The third kappa shape index (κ3) is 40.3. The Kier molecular flexibility index (Phi) is 49.2. The van der Waals surface area contributed by atoms with Crippen LogP contribution in [0.25, 0.3) is 0 Å². The number of amides is 1. The van der Waals surface area contributed by atoms with Gasteiger partial charge in [-0.2, -0.15) is 0 Å². The molecule has 1 rings (SSSR count). The maximum Gasteiger partial charge on any atom is 0.220 e. The second kappa shape index (κ2) is 51.4. The Labute approximate surface area is 433 Å². The molecule has 0 saturated carbocycles. The van der Waals surface area contributed by atoms with Crippen LogP contribution in [0.15, 0.2) is 12.2 Å². The van der Waals surface area contributed by atoms with Gasteiger partial charge in [-0.05, 0) is 38.5 Å². The van der Waals surface area contributed by atoms with E-state index in [4.69, 9.17) is 9.47 Å². The summed E-state index contributed by atoms with van der Waals surface area (Å²) in [6.07, 6.45) is 56.7. The molecule has 416 valence electrons. The molecule has 9 nitrogen and oxygen atoms in total. The Morgan fingerprint density at radius 2 is 0.800 bits per heavy atom. The molecule has 1 aliphatic heterocycles. The number of unbranched alkanes of at least 4 members (excludes halogenated alkanes) is 42. The van der Waals surface area contributed by atoms with E-state index in [1.807, 2.05) is 0 Å². The number of ether oxygens (including phenoxy) is 2. The van der Waals surface area contributed by atoms with Gasteiger partial charge in [-0.3, -0.25) is 4.79 Å². The smallest absolute Gasteiger partial charge is 0.220 e. The molecule has 0 bridgehead atoms. The molecular weight excluding hydrogens is 875 g/mol. The van der Waals surface area contributed by atoms with Crippen LogP contribution in [-0.2, 0) is 14.3 Å². The quantitative estimate of drug-likeness (QED) is 0.0261. The van der Waals surface area contributed by atoms with Gasteiger partial charge in [0.2, 0.25) is 5.91 Å². The Morgan fingerprint density at radius 1 is 0.471 bits per heavy atom. The van der Waals surface area contributed by atoms with Crippen LogP contribution >= 0.6 is 0 Å². The summed E-state index contributed by atoms with van der Waals surface area (Å²) < 4.78 is 11.3. The van der Waals surface area contributed by atoms with Gasteiger partial charge >= 0.3 is 0 Å². The molecule has 0 aromatic rings. The number of rotatable bonds is 54. The van der Waals surface area contributed by atoms with Crippen LogP contribution in [0, 0.1) is 0 Å². The van der Waals surface area contributed by atoms with E-state index in [0.717, 1.165) is 38.5 Å². The zero-order valence-corrected chi connectivity index (χ0v) is 46.3. The van der Waals surface area contributed by atoms with E-state index < -0.39 is 49.5 Å². The normalized spacial score (nSPS) is 19.3. The largest absolute Gasteiger partial charge is 0.394 e. The summed E-state index contributed by atoms with van der Waals surface area (Å²) in [5.41, 5.74) is 0. The number of aliphatic hydroxyl groups is 5. The molecule has 7 atom stereocenters. The van der Waals surface area contributed by atoms with E-state index in [2.05, 4.69) is 31.3 Å². The van der Waals surface area contributed by atoms with Crippen LogP contribution in [-0.4, -0.2) is 87.5 Å². The van der Waals surface area contributed by atoms with Crippen molar-refractivity contribution in [3.05, 3.63) is 12.2 Å². The standard InChI is InChI=1S/C61H119NO8/c1-3-5-7-9-11-13-15-17-19-21-23-25-27-29-30-32-34-36-38-40-42-44-46-48-50-55(64)54(53-69-61-60(68)59(67)58(66)56(52-63)70-61)62-57(65)51-49-47-45-43-41-39-37-35-33-31-28-26-24-22-20-18-16-14-12-10-8-6-4-2/h22,24,54-56,58-61,63-64,66-68H,3-21,23,25-53H2,1-2H3,(H,62,65)/b24-22-. The Bertz CT molecular complexity index is 1110. The van der Waals surface area contributed by atoms with Crippen molar-refractivity contribution < 1.29 is 39.8 Å². The van der Waals surface area contributed by atoms with Gasteiger partial charge in [0.15, 0.2) is 6.29 Å². The highest BCUT2D eigenvalue weighted by atomic mass is 16.7. The van der Waals surface area contributed by atoms with Gasteiger partial charge in [0.05, 0.1) is 25.4 Å². The number of carbonyl (C=O) groups excluding carboxylic acids is 1. The molecule has 0 radical (unpaired) electrons. The lowest BCUT2D eigenvalue weighted by atomic mass is 9.99. The Balaban J connectivity index is 2.17. The van der Waals surface area contributed by atoms with Crippen LogP contribution in [0.4, 0.5) is 0 Å². The highest BCUT2D eigenvalue weighted by Gasteiger charge is 2.44. The first-order valence-electron chi connectivity index (χ1n) is 30.9. The predicted molar refractivity (Wildman–Crippen MR) is 295 cm³/mol. The van der Waals surface area contributed by atoms with Crippen LogP contribution in [0.2, 0.25) is 0 Å². The number of carbonyl (C=O) groups is 1. The summed E-state index contributed by atoms with van der Waals surface area (Å²) in [5.74, 6) is -0.139. The minimum Gasteiger partial charge on any atom is -0.394 e. The van der Waals surface area contributed by atoms with E-state index in [-0.39, 0.29) is 12.5 Å². The molecule has 6 N–H and O–H groups in total. The highest BCUT2D eigenvalue weighted by Crippen LogP contribution is 2.23. The fourth-order valence-electron chi connectivity index (χ4n) is 10.2. The lowest BCUT2D eigenvalue weighted by molar-refractivity contribution is -0.302. The summed E-state index contributed by atoms with van der Waals surface area (Å²) in [6.45, 7) is 3.89.